The van der Waals surface area contributed by atoms with Crippen molar-refractivity contribution in [1.29, 1.82) is 0 Å². The van der Waals surface area contributed by atoms with Gasteiger partial charge in [-0.2, -0.15) is 0 Å². The van der Waals surface area contributed by atoms with Gasteiger partial charge in [-0.1, -0.05) is 49.4 Å². The first-order valence-corrected chi connectivity index (χ1v) is 10.8. The van der Waals surface area contributed by atoms with Crippen LogP contribution in [0.25, 0.3) is 0 Å². The van der Waals surface area contributed by atoms with Crippen molar-refractivity contribution in [2.45, 2.75) is 51.6 Å². The highest BCUT2D eigenvalue weighted by Gasteiger charge is 2.57. The first kappa shape index (κ1) is 16.5. The fraction of sp³-hybridized carbons (Fsp3) is 0.364. The average Bonchev–Trinajstić information content (AvgIpc) is 3.43. The smallest absolute Gasteiger partial charge is 0.0847 e. The molecule has 0 nitrogen and oxygen atoms in total. The van der Waals surface area contributed by atoms with Gasteiger partial charge in [0.05, 0.1) is 16.3 Å². The van der Waals surface area contributed by atoms with Crippen molar-refractivity contribution in [1.82, 2.24) is 0 Å². The molecule has 1 fully saturated rings. The van der Waals surface area contributed by atoms with E-state index in [1.54, 1.807) is 15.9 Å². The summed E-state index contributed by atoms with van der Waals surface area (Å²) in [6.07, 6.45) is 20.3. The van der Waals surface area contributed by atoms with E-state index in [4.69, 9.17) is 0 Å². The zero-order valence-electron chi connectivity index (χ0n) is 14.4. The summed E-state index contributed by atoms with van der Waals surface area (Å²) < 4.78 is 0. The lowest BCUT2D eigenvalue weighted by Gasteiger charge is -2.31. The molecule has 1 unspecified atom stereocenters. The molecule has 1 atom stereocenters. The average molecular weight is 323 g/mol. The quantitative estimate of drug-likeness (QED) is 0.409. The molecule has 2 aliphatic carbocycles. The highest BCUT2D eigenvalue weighted by molar-refractivity contribution is 7.91. The van der Waals surface area contributed by atoms with Crippen LogP contribution >= 0.6 is 7.26 Å². The van der Waals surface area contributed by atoms with E-state index in [0.717, 1.165) is 12.1 Å². The predicted molar refractivity (Wildman–Crippen MR) is 106 cm³/mol. The van der Waals surface area contributed by atoms with E-state index < -0.39 is 7.26 Å². The van der Waals surface area contributed by atoms with E-state index in [1.807, 2.05) is 0 Å². The monoisotopic (exact) mass is 323 g/mol. The summed E-state index contributed by atoms with van der Waals surface area (Å²) in [6, 6.07) is 11.4. The summed E-state index contributed by atoms with van der Waals surface area (Å²) in [4.78, 5) is 0. The van der Waals surface area contributed by atoms with Crippen LogP contribution in [0.2, 0.25) is 0 Å². The lowest BCUT2D eigenvalue weighted by atomic mass is 10.2. The minimum absolute atomic E-state index is 0.869. The van der Waals surface area contributed by atoms with Gasteiger partial charge in [0.25, 0.3) is 0 Å². The SMILES string of the molecule is CC/C=C\C=C(/C)[P+](C1=CC=CCC1)(c1ccccc1)C1CC1. The van der Waals surface area contributed by atoms with Gasteiger partial charge in [0.1, 0.15) is 12.6 Å². The molecule has 0 aliphatic heterocycles. The van der Waals surface area contributed by atoms with Crippen LogP contribution in [0.4, 0.5) is 0 Å². The van der Waals surface area contributed by atoms with Crippen LogP contribution < -0.4 is 5.30 Å². The fourth-order valence-electron chi connectivity index (χ4n) is 3.80. The van der Waals surface area contributed by atoms with Gasteiger partial charge in [0, 0.05) is 6.42 Å². The number of benzene rings is 1. The number of allylic oxidation sites excluding steroid dienone is 8. The molecule has 0 amide bonds. The Morgan fingerprint density at radius 3 is 2.61 bits per heavy atom. The summed E-state index contributed by atoms with van der Waals surface area (Å²) in [6.45, 7) is 4.59. The molecule has 0 bridgehead atoms. The third kappa shape index (κ3) is 3.29. The van der Waals surface area contributed by atoms with Gasteiger partial charge in [-0.15, -0.1) is 0 Å². The molecule has 0 aromatic heterocycles. The summed E-state index contributed by atoms with van der Waals surface area (Å²) in [5, 5.41) is 4.91. The maximum absolute atomic E-state index is 2.43. The van der Waals surface area contributed by atoms with Crippen LogP contribution in [0, 0.1) is 0 Å². The van der Waals surface area contributed by atoms with Gasteiger partial charge in [0.15, 0.2) is 0 Å². The first-order valence-electron chi connectivity index (χ1n) is 8.94. The lowest BCUT2D eigenvalue weighted by molar-refractivity contribution is 1.01. The lowest BCUT2D eigenvalue weighted by Crippen LogP contribution is -2.18. The summed E-state index contributed by atoms with van der Waals surface area (Å²) >= 11 is 0. The van der Waals surface area contributed by atoms with E-state index in [2.05, 4.69) is 80.6 Å². The molecular formula is C22H28P+. The maximum atomic E-state index is 2.43. The number of rotatable bonds is 6. The topological polar surface area (TPSA) is 0 Å². The molecule has 0 radical (unpaired) electrons. The van der Waals surface area contributed by atoms with Gasteiger partial charge in [-0.05, 0) is 56.9 Å². The zero-order valence-corrected chi connectivity index (χ0v) is 15.3. The standard InChI is InChI=1S/C22H28P/c1-3-4-7-12-19(2)23(22-17-18-22,20-13-8-5-9-14-20)21-15-10-6-11-16-21/h4-10,12-15,22H,3,11,16-18H2,1-2H3/q+1/b7-4-,19-12+. The maximum Gasteiger partial charge on any atom is 0.106 e. The van der Waals surface area contributed by atoms with Crippen molar-refractivity contribution in [3.05, 3.63) is 77.4 Å². The van der Waals surface area contributed by atoms with E-state index in [1.165, 1.54) is 25.7 Å². The normalized spacial score (nSPS) is 21.3. The summed E-state index contributed by atoms with van der Waals surface area (Å²) in [5.74, 6) is 0. The second-order valence-electron chi connectivity index (χ2n) is 6.56. The second-order valence-corrected chi connectivity index (χ2v) is 10.5. The van der Waals surface area contributed by atoms with E-state index >= 15 is 0 Å². The van der Waals surface area contributed by atoms with Gasteiger partial charge in [-0.3, -0.25) is 0 Å². The molecule has 1 aromatic carbocycles. The van der Waals surface area contributed by atoms with Crippen molar-refractivity contribution in [3.8, 4) is 0 Å². The molecule has 1 saturated carbocycles. The Morgan fingerprint density at radius 1 is 1.22 bits per heavy atom. The Kier molecular flexibility index (Phi) is 5.34. The Labute approximate surface area is 142 Å². The molecule has 3 rings (SSSR count). The van der Waals surface area contributed by atoms with Crippen LogP contribution in [0.15, 0.2) is 77.4 Å². The third-order valence-corrected chi connectivity index (χ3v) is 10.2. The molecule has 0 saturated heterocycles. The van der Waals surface area contributed by atoms with Crippen LogP contribution in [0.5, 0.6) is 0 Å². The molecule has 2 aliphatic rings. The van der Waals surface area contributed by atoms with Crippen LogP contribution in [-0.2, 0) is 0 Å². The van der Waals surface area contributed by atoms with E-state index in [-0.39, 0.29) is 0 Å². The number of hydrogen-bond donors (Lipinski definition) is 0. The van der Waals surface area contributed by atoms with Crippen LogP contribution in [0.3, 0.4) is 0 Å². The second kappa shape index (κ2) is 7.45. The molecule has 0 N–H and O–H groups in total. The highest BCUT2D eigenvalue weighted by atomic mass is 31.2. The van der Waals surface area contributed by atoms with Gasteiger partial charge in [0.2, 0.25) is 0 Å². The highest BCUT2D eigenvalue weighted by Crippen LogP contribution is 2.80. The predicted octanol–water partition coefficient (Wildman–Crippen LogP) is 6.60. The molecule has 120 valence electrons. The molecule has 1 heteroatoms. The fourth-order valence-corrected chi connectivity index (χ4v) is 9.15. The van der Waals surface area contributed by atoms with Crippen molar-refractivity contribution in [2.24, 2.45) is 0 Å². The Bertz CT molecular complexity index is 644. The molecule has 0 spiro atoms. The van der Waals surface area contributed by atoms with Crippen LogP contribution in [-0.4, -0.2) is 5.66 Å². The van der Waals surface area contributed by atoms with E-state index in [9.17, 15) is 0 Å². The zero-order chi connectivity index (χ0) is 16.1. The minimum Gasteiger partial charge on any atom is -0.0847 e. The third-order valence-electron chi connectivity index (χ3n) is 4.97. The van der Waals surface area contributed by atoms with Crippen molar-refractivity contribution in [3.63, 3.8) is 0 Å². The van der Waals surface area contributed by atoms with Gasteiger partial charge in [-0.25, -0.2) is 0 Å². The largest absolute Gasteiger partial charge is 0.106 e. The Hall–Kier alpha value is -1.39. The molecule has 1 aromatic rings. The molecule has 0 heterocycles. The summed E-state index contributed by atoms with van der Waals surface area (Å²) in [7, 11) is -1.40. The minimum atomic E-state index is -1.40. The van der Waals surface area contributed by atoms with Gasteiger partial charge < -0.3 is 0 Å². The van der Waals surface area contributed by atoms with Crippen molar-refractivity contribution >= 4 is 12.6 Å². The summed E-state index contributed by atoms with van der Waals surface area (Å²) in [5.41, 5.74) is 0.869. The van der Waals surface area contributed by atoms with Crippen molar-refractivity contribution in [2.75, 3.05) is 0 Å². The van der Waals surface area contributed by atoms with Gasteiger partial charge >= 0.3 is 0 Å². The van der Waals surface area contributed by atoms with Crippen molar-refractivity contribution < 1.29 is 0 Å². The Morgan fingerprint density at radius 2 is 2.00 bits per heavy atom. The van der Waals surface area contributed by atoms with E-state index in [0.29, 0.717) is 0 Å². The number of hydrogen-bond acceptors (Lipinski definition) is 0. The molecular weight excluding hydrogens is 295 g/mol. The first-order chi connectivity index (χ1) is 11.3. The molecule has 23 heavy (non-hydrogen) atoms. The van der Waals surface area contributed by atoms with Crippen LogP contribution in [0.1, 0.15) is 46.0 Å². The Balaban J connectivity index is 2.15.